The summed E-state index contributed by atoms with van der Waals surface area (Å²) in [5.74, 6) is 0.953. The molecule has 1 unspecified atom stereocenters. The molecule has 2 aromatic heterocycles. The van der Waals surface area contributed by atoms with E-state index in [2.05, 4.69) is 14.5 Å². The Morgan fingerprint density at radius 3 is 3.22 bits per heavy atom. The molecule has 0 saturated carbocycles. The average molecular weight is 247 g/mol. The Labute approximate surface area is 105 Å². The van der Waals surface area contributed by atoms with E-state index >= 15 is 0 Å². The second-order valence-electron chi connectivity index (χ2n) is 4.55. The fourth-order valence-corrected chi connectivity index (χ4v) is 2.45. The Morgan fingerprint density at radius 2 is 2.44 bits per heavy atom. The molecule has 5 heteroatoms. The van der Waals surface area contributed by atoms with Crippen LogP contribution in [0.4, 0.5) is 0 Å². The number of aliphatic hydroxyl groups excluding tert-OH is 1. The third-order valence-corrected chi connectivity index (χ3v) is 3.29. The van der Waals surface area contributed by atoms with Gasteiger partial charge in [-0.15, -0.1) is 0 Å². The van der Waals surface area contributed by atoms with Gasteiger partial charge in [0.05, 0.1) is 0 Å². The highest BCUT2D eigenvalue weighted by molar-refractivity contribution is 5.71. The van der Waals surface area contributed by atoms with Crippen LogP contribution in [0.3, 0.4) is 0 Å². The van der Waals surface area contributed by atoms with Crippen LogP contribution in [0.15, 0.2) is 18.3 Å². The van der Waals surface area contributed by atoms with Crippen LogP contribution in [0.25, 0.3) is 11.2 Å². The van der Waals surface area contributed by atoms with Crippen LogP contribution in [0.5, 0.6) is 0 Å². The van der Waals surface area contributed by atoms with E-state index in [-0.39, 0.29) is 12.7 Å². The lowest BCUT2D eigenvalue weighted by Crippen LogP contribution is -2.10. The van der Waals surface area contributed by atoms with E-state index in [0.717, 1.165) is 43.0 Å². The van der Waals surface area contributed by atoms with Crippen molar-refractivity contribution in [1.82, 2.24) is 14.5 Å². The molecule has 1 atom stereocenters. The lowest BCUT2D eigenvalue weighted by molar-refractivity contribution is 0.102. The van der Waals surface area contributed by atoms with Gasteiger partial charge >= 0.3 is 0 Å². The number of nitrogens with zero attached hydrogens (tertiary/aromatic N) is 3. The van der Waals surface area contributed by atoms with Gasteiger partial charge in [-0.3, -0.25) is 0 Å². The van der Waals surface area contributed by atoms with E-state index in [0.29, 0.717) is 6.42 Å². The summed E-state index contributed by atoms with van der Waals surface area (Å²) in [5.41, 5.74) is 1.79. The van der Waals surface area contributed by atoms with Crippen LogP contribution in [-0.4, -0.2) is 32.9 Å². The molecule has 1 saturated heterocycles. The minimum atomic E-state index is 0.0814. The molecule has 0 spiro atoms. The van der Waals surface area contributed by atoms with Gasteiger partial charge in [-0.2, -0.15) is 0 Å². The molecule has 0 aliphatic carbocycles. The molecule has 3 rings (SSSR count). The Kier molecular flexibility index (Phi) is 3.25. The van der Waals surface area contributed by atoms with Crippen molar-refractivity contribution in [2.24, 2.45) is 0 Å². The molecular formula is C13H17N3O2. The summed E-state index contributed by atoms with van der Waals surface area (Å²) in [4.78, 5) is 9.03. The molecular weight excluding hydrogens is 230 g/mol. The first-order chi connectivity index (χ1) is 8.90. The van der Waals surface area contributed by atoms with Gasteiger partial charge in [0.2, 0.25) is 0 Å². The Hall–Kier alpha value is -1.46. The summed E-state index contributed by atoms with van der Waals surface area (Å²) < 4.78 is 7.80. The van der Waals surface area contributed by atoms with Crippen molar-refractivity contribution in [2.75, 3.05) is 13.2 Å². The molecule has 3 heterocycles. The molecule has 18 heavy (non-hydrogen) atoms. The third-order valence-electron chi connectivity index (χ3n) is 3.29. The van der Waals surface area contributed by atoms with Crippen molar-refractivity contribution in [3.05, 3.63) is 24.2 Å². The number of hydrogen-bond donors (Lipinski definition) is 1. The topological polar surface area (TPSA) is 60.2 Å². The first-order valence-electron chi connectivity index (χ1n) is 6.44. The van der Waals surface area contributed by atoms with E-state index in [4.69, 9.17) is 9.84 Å². The lowest BCUT2D eigenvalue weighted by Gasteiger charge is -2.12. The fourth-order valence-electron chi connectivity index (χ4n) is 2.45. The number of aromatic nitrogens is 3. The minimum absolute atomic E-state index is 0.0814. The van der Waals surface area contributed by atoms with Crippen molar-refractivity contribution in [3.8, 4) is 0 Å². The van der Waals surface area contributed by atoms with Gasteiger partial charge in [-0.25, -0.2) is 9.97 Å². The molecule has 0 bridgehead atoms. The highest BCUT2D eigenvalue weighted by Crippen LogP contribution is 2.30. The SMILES string of the molecule is OCCCn1c(C2CCCO2)nc2cccnc21. The molecule has 0 aromatic carbocycles. The van der Waals surface area contributed by atoms with Gasteiger partial charge in [-0.1, -0.05) is 0 Å². The number of pyridine rings is 1. The van der Waals surface area contributed by atoms with E-state index in [1.165, 1.54) is 0 Å². The number of rotatable bonds is 4. The fraction of sp³-hybridized carbons (Fsp3) is 0.538. The monoisotopic (exact) mass is 247 g/mol. The average Bonchev–Trinajstić information content (AvgIpc) is 3.03. The third kappa shape index (κ3) is 2.00. The number of imidazole rings is 1. The van der Waals surface area contributed by atoms with E-state index < -0.39 is 0 Å². The molecule has 5 nitrogen and oxygen atoms in total. The van der Waals surface area contributed by atoms with Gasteiger partial charge in [0.15, 0.2) is 5.65 Å². The van der Waals surface area contributed by atoms with Crippen LogP contribution >= 0.6 is 0 Å². The Morgan fingerprint density at radius 1 is 1.50 bits per heavy atom. The summed E-state index contributed by atoms with van der Waals surface area (Å²) in [6.07, 6.45) is 4.67. The number of ether oxygens (including phenoxy) is 1. The number of hydrogen-bond acceptors (Lipinski definition) is 4. The summed E-state index contributed by atoms with van der Waals surface area (Å²) in [7, 11) is 0. The first kappa shape index (κ1) is 11.6. The molecule has 1 fully saturated rings. The van der Waals surface area contributed by atoms with Crippen molar-refractivity contribution in [3.63, 3.8) is 0 Å². The van der Waals surface area contributed by atoms with Crippen LogP contribution in [-0.2, 0) is 11.3 Å². The van der Waals surface area contributed by atoms with Crippen molar-refractivity contribution >= 4 is 11.2 Å². The maximum absolute atomic E-state index is 9.01. The van der Waals surface area contributed by atoms with Crippen LogP contribution in [0.2, 0.25) is 0 Å². The highest BCUT2D eigenvalue weighted by atomic mass is 16.5. The molecule has 0 radical (unpaired) electrons. The van der Waals surface area contributed by atoms with Gasteiger partial charge in [0.1, 0.15) is 17.4 Å². The van der Waals surface area contributed by atoms with Gasteiger partial charge in [-0.05, 0) is 31.4 Å². The van der Waals surface area contributed by atoms with Crippen molar-refractivity contribution in [2.45, 2.75) is 31.9 Å². The highest BCUT2D eigenvalue weighted by Gasteiger charge is 2.24. The van der Waals surface area contributed by atoms with Gasteiger partial charge < -0.3 is 14.4 Å². The number of aryl methyl sites for hydroxylation is 1. The molecule has 96 valence electrons. The standard InChI is InChI=1S/C13H17N3O2/c17-8-3-7-16-12-10(4-1-6-14-12)15-13(16)11-5-2-9-18-11/h1,4,6,11,17H,2-3,5,7-9H2. The maximum Gasteiger partial charge on any atom is 0.160 e. The van der Waals surface area contributed by atoms with Crippen LogP contribution in [0, 0.1) is 0 Å². The quantitative estimate of drug-likeness (QED) is 0.892. The second-order valence-corrected chi connectivity index (χ2v) is 4.55. The Balaban J connectivity index is 2.04. The first-order valence-corrected chi connectivity index (χ1v) is 6.44. The lowest BCUT2D eigenvalue weighted by atomic mass is 10.2. The normalized spacial score (nSPS) is 19.7. The largest absolute Gasteiger partial charge is 0.396 e. The smallest absolute Gasteiger partial charge is 0.160 e. The van der Waals surface area contributed by atoms with Crippen molar-refractivity contribution in [1.29, 1.82) is 0 Å². The van der Waals surface area contributed by atoms with Crippen LogP contribution in [0.1, 0.15) is 31.2 Å². The molecule has 2 aromatic rings. The molecule has 1 aliphatic heterocycles. The summed E-state index contributed by atoms with van der Waals surface area (Å²) >= 11 is 0. The molecule has 1 N–H and O–H groups in total. The maximum atomic E-state index is 9.01. The Bertz CT molecular complexity index is 532. The van der Waals surface area contributed by atoms with Crippen molar-refractivity contribution < 1.29 is 9.84 Å². The summed E-state index contributed by atoms with van der Waals surface area (Å²) in [6.45, 7) is 1.72. The van der Waals surface area contributed by atoms with Crippen LogP contribution < -0.4 is 0 Å². The molecule has 1 aliphatic rings. The molecule has 0 amide bonds. The predicted molar refractivity (Wildman–Crippen MR) is 67.2 cm³/mol. The zero-order valence-corrected chi connectivity index (χ0v) is 10.2. The number of aliphatic hydroxyl groups is 1. The minimum Gasteiger partial charge on any atom is -0.396 e. The summed E-state index contributed by atoms with van der Waals surface area (Å²) in [5, 5.41) is 9.01. The van der Waals surface area contributed by atoms with E-state index in [9.17, 15) is 0 Å². The second kappa shape index (κ2) is 5.04. The number of fused-ring (bicyclic) bond motifs is 1. The summed E-state index contributed by atoms with van der Waals surface area (Å²) in [6, 6.07) is 3.86. The zero-order valence-electron chi connectivity index (χ0n) is 10.2. The van der Waals surface area contributed by atoms with Gasteiger partial charge in [0.25, 0.3) is 0 Å². The zero-order chi connectivity index (χ0) is 12.4. The van der Waals surface area contributed by atoms with E-state index in [1.807, 2.05) is 12.1 Å². The van der Waals surface area contributed by atoms with E-state index in [1.54, 1.807) is 6.20 Å². The van der Waals surface area contributed by atoms with Gasteiger partial charge in [0, 0.05) is 26.0 Å². The predicted octanol–water partition coefficient (Wildman–Crippen LogP) is 1.67.